The second-order valence-electron chi connectivity index (χ2n) is 9.57. The topological polar surface area (TPSA) is 60.7 Å². The number of nitrogens with zero attached hydrogens (tertiary/aromatic N) is 4. The molecule has 5 rings (SSSR count). The Bertz CT molecular complexity index is 1460. The van der Waals surface area contributed by atoms with Crippen LogP contribution >= 0.6 is 0 Å². The van der Waals surface area contributed by atoms with Crippen molar-refractivity contribution in [3.05, 3.63) is 98.6 Å². The summed E-state index contributed by atoms with van der Waals surface area (Å²) in [5, 5.41) is 0. The standard InChI is InChI=1S/C28H27F3N4O/c1-16-5-3-7-22(29)25(16)19-10-8-18(9-11-19)21-13-23-27(34-17(2)14-33-23)35(28(21)36)15-24-20(26(30)31)6-4-12-32-24/h3-7,12-14,18-19,26H,8-11,15H2,1-2H3. The van der Waals surface area contributed by atoms with Gasteiger partial charge in [0.05, 0.1) is 17.9 Å². The molecule has 1 aromatic carbocycles. The minimum Gasteiger partial charge on any atom is -0.285 e. The molecule has 3 heterocycles. The maximum absolute atomic E-state index is 14.5. The molecule has 1 aliphatic rings. The fraction of sp³-hybridized carbons (Fsp3) is 0.357. The lowest BCUT2D eigenvalue weighted by Crippen LogP contribution is -2.29. The molecule has 1 fully saturated rings. The molecule has 0 amide bonds. The molecule has 0 N–H and O–H groups in total. The number of aryl methyl sites for hydroxylation is 2. The SMILES string of the molecule is Cc1cnc2cc(C3CCC(c4c(C)cccc4F)CC3)c(=O)n(Cc3ncccc3C(F)F)c2n1. The minimum absolute atomic E-state index is 0.0297. The number of alkyl halides is 2. The molecule has 5 nitrogen and oxygen atoms in total. The lowest BCUT2D eigenvalue weighted by molar-refractivity contribution is 0.149. The third-order valence-electron chi connectivity index (χ3n) is 7.26. The van der Waals surface area contributed by atoms with Crippen molar-refractivity contribution < 1.29 is 13.2 Å². The quantitative estimate of drug-likeness (QED) is 0.325. The summed E-state index contributed by atoms with van der Waals surface area (Å²) in [7, 11) is 0. The van der Waals surface area contributed by atoms with Crippen molar-refractivity contribution in [2.24, 2.45) is 0 Å². The van der Waals surface area contributed by atoms with Gasteiger partial charge in [-0.2, -0.15) is 0 Å². The van der Waals surface area contributed by atoms with Crippen LogP contribution in [-0.2, 0) is 6.54 Å². The molecule has 0 spiro atoms. The van der Waals surface area contributed by atoms with E-state index in [1.54, 1.807) is 25.3 Å². The molecule has 0 radical (unpaired) electrons. The highest BCUT2D eigenvalue weighted by Gasteiger charge is 2.29. The van der Waals surface area contributed by atoms with Gasteiger partial charge in [-0.25, -0.2) is 18.2 Å². The summed E-state index contributed by atoms with van der Waals surface area (Å²) in [6.45, 7) is 3.58. The summed E-state index contributed by atoms with van der Waals surface area (Å²) in [6.07, 6.45) is 3.35. The first-order chi connectivity index (χ1) is 17.3. The second kappa shape index (κ2) is 9.84. The highest BCUT2D eigenvalue weighted by Crippen LogP contribution is 2.41. The van der Waals surface area contributed by atoms with Gasteiger partial charge in [0.2, 0.25) is 0 Å². The number of hydrogen-bond acceptors (Lipinski definition) is 4. The largest absolute Gasteiger partial charge is 0.285 e. The molecule has 1 aliphatic carbocycles. The predicted molar refractivity (Wildman–Crippen MR) is 132 cm³/mol. The Morgan fingerprint density at radius 2 is 1.78 bits per heavy atom. The van der Waals surface area contributed by atoms with E-state index in [-0.39, 0.29) is 41.0 Å². The molecule has 0 unspecified atom stereocenters. The summed E-state index contributed by atoms with van der Waals surface area (Å²) in [5.74, 6) is -0.102. The highest BCUT2D eigenvalue weighted by atomic mass is 19.3. The smallest absolute Gasteiger partial charge is 0.265 e. The number of fused-ring (bicyclic) bond motifs is 1. The van der Waals surface area contributed by atoms with Gasteiger partial charge in [0.15, 0.2) is 5.65 Å². The van der Waals surface area contributed by atoms with E-state index in [1.165, 1.54) is 29.0 Å². The lowest BCUT2D eigenvalue weighted by atomic mass is 9.75. The van der Waals surface area contributed by atoms with Gasteiger partial charge < -0.3 is 0 Å². The number of benzene rings is 1. The van der Waals surface area contributed by atoms with Gasteiger partial charge in [-0.05, 0) is 86.8 Å². The van der Waals surface area contributed by atoms with Gasteiger partial charge in [0.25, 0.3) is 12.0 Å². The molecule has 3 aromatic heterocycles. The Hall–Kier alpha value is -3.55. The van der Waals surface area contributed by atoms with Crippen molar-refractivity contribution in [2.75, 3.05) is 0 Å². The monoisotopic (exact) mass is 492 g/mol. The van der Waals surface area contributed by atoms with Gasteiger partial charge in [-0.1, -0.05) is 12.1 Å². The third-order valence-corrected chi connectivity index (χ3v) is 7.26. The maximum atomic E-state index is 14.5. The van der Waals surface area contributed by atoms with E-state index in [9.17, 15) is 18.0 Å². The Morgan fingerprint density at radius 3 is 2.50 bits per heavy atom. The molecule has 0 atom stereocenters. The van der Waals surface area contributed by atoms with Crippen LogP contribution < -0.4 is 5.56 Å². The molecule has 1 saturated carbocycles. The minimum atomic E-state index is -2.70. The normalized spacial score (nSPS) is 18.2. The van der Waals surface area contributed by atoms with E-state index in [2.05, 4.69) is 15.0 Å². The molecular weight excluding hydrogens is 465 g/mol. The molecule has 4 aromatic rings. The number of aromatic nitrogens is 4. The van der Waals surface area contributed by atoms with Crippen LogP contribution in [0.3, 0.4) is 0 Å². The van der Waals surface area contributed by atoms with Crippen LogP contribution in [0.2, 0.25) is 0 Å². The average Bonchev–Trinajstić information content (AvgIpc) is 2.86. The zero-order chi connectivity index (χ0) is 25.4. The van der Waals surface area contributed by atoms with Crippen molar-refractivity contribution in [3.63, 3.8) is 0 Å². The summed E-state index contributed by atoms with van der Waals surface area (Å²) in [5.41, 5.74) is 3.49. The van der Waals surface area contributed by atoms with E-state index in [0.29, 0.717) is 22.4 Å². The van der Waals surface area contributed by atoms with Crippen LogP contribution in [0.25, 0.3) is 11.2 Å². The van der Waals surface area contributed by atoms with Crippen LogP contribution in [0.4, 0.5) is 13.2 Å². The van der Waals surface area contributed by atoms with E-state index in [1.807, 2.05) is 13.0 Å². The summed E-state index contributed by atoms with van der Waals surface area (Å²) in [4.78, 5) is 26.9. The van der Waals surface area contributed by atoms with E-state index < -0.39 is 6.43 Å². The molecule has 0 aliphatic heterocycles. The van der Waals surface area contributed by atoms with Gasteiger partial charge in [-0.3, -0.25) is 19.3 Å². The van der Waals surface area contributed by atoms with Crippen LogP contribution in [0.1, 0.15) is 77.6 Å². The Morgan fingerprint density at radius 1 is 1.03 bits per heavy atom. The van der Waals surface area contributed by atoms with Gasteiger partial charge in [-0.15, -0.1) is 0 Å². The summed E-state index contributed by atoms with van der Waals surface area (Å²) >= 11 is 0. The Labute approximate surface area is 207 Å². The molecule has 36 heavy (non-hydrogen) atoms. The Kier molecular flexibility index (Phi) is 6.60. The van der Waals surface area contributed by atoms with Crippen molar-refractivity contribution >= 4 is 11.2 Å². The third kappa shape index (κ3) is 4.52. The van der Waals surface area contributed by atoms with Crippen LogP contribution in [0.15, 0.2) is 53.6 Å². The summed E-state index contributed by atoms with van der Waals surface area (Å²) in [6, 6.07) is 9.73. The second-order valence-corrected chi connectivity index (χ2v) is 9.57. The molecule has 186 valence electrons. The molecule has 0 saturated heterocycles. The lowest BCUT2D eigenvalue weighted by Gasteiger charge is -2.30. The van der Waals surface area contributed by atoms with E-state index in [4.69, 9.17) is 0 Å². The number of rotatable bonds is 5. The fourth-order valence-electron chi connectivity index (χ4n) is 5.46. The zero-order valence-corrected chi connectivity index (χ0v) is 20.2. The van der Waals surface area contributed by atoms with E-state index >= 15 is 0 Å². The maximum Gasteiger partial charge on any atom is 0.265 e. The first-order valence-corrected chi connectivity index (χ1v) is 12.2. The van der Waals surface area contributed by atoms with Crippen LogP contribution in [0, 0.1) is 19.7 Å². The van der Waals surface area contributed by atoms with Gasteiger partial charge >= 0.3 is 0 Å². The van der Waals surface area contributed by atoms with Crippen molar-refractivity contribution in [1.82, 2.24) is 19.5 Å². The molecule has 8 heteroatoms. The predicted octanol–water partition coefficient (Wildman–Crippen LogP) is 6.37. The van der Waals surface area contributed by atoms with Crippen molar-refractivity contribution in [2.45, 2.75) is 64.3 Å². The fourth-order valence-corrected chi connectivity index (χ4v) is 5.46. The van der Waals surface area contributed by atoms with Crippen LogP contribution in [-0.4, -0.2) is 19.5 Å². The highest BCUT2D eigenvalue weighted by molar-refractivity contribution is 5.71. The number of halogens is 3. The number of pyridine rings is 2. The first kappa shape index (κ1) is 24.2. The summed E-state index contributed by atoms with van der Waals surface area (Å²) < 4.78 is 43.2. The van der Waals surface area contributed by atoms with E-state index in [0.717, 1.165) is 36.8 Å². The number of hydrogen-bond donors (Lipinski definition) is 0. The van der Waals surface area contributed by atoms with Crippen LogP contribution in [0.5, 0.6) is 0 Å². The van der Waals surface area contributed by atoms with Gasteiger partial charge in [0.1, 0.15) is 11.3 Å². The first-order valence-electron chi connectivity index (χ1n) is 12.2. The van der Waals surface area contributed by atoms with Gasteiger partial charge in [0, 0.05) is 23.5 Å². The molecular formula is C28H27F3N4O. The molecule has 0 bridgehead atoms. The Balaban J connectivity index is 1.52. The average molecular weight is 493 g/mol. The van der Waals surface area contributed by atoms with Crippen molar-refractivity contribution in [1.29, 1.82) is 0 Å². The van der Waals surface area contributed by atoms with Crippen molar-refractivity contribution in [3.8, 4) is 0 Å². The zero-order valence-electron chi connectivity index (χ0n) is 20.2.